The van der Waals surface area contributed by atoms with Crippen molar-refractivity contribution in [1.29, 1.82) is 0 Å². The maximum atomic E-state index is 12.3. The number of carbonyl (C=O) groups excluding carboxylic acids is 2. The minimum atomic E-state index is -1.09. The van der Waals surface area contributed by atoms with Crippen molar-refractivity contribution in [2.24, 2.45) is 11.8 Å². The van der Waals surface area contributed by atoms with Gasteiger partial charge in [-0.05, 0) is 41.0 Å². The molecule has 7 heteroatoms. The third kappa shape index (κ3) is 4.51. The van der Waals surface area contributed by atoms with Crippen molar-refractivity contribution in [2.75, 3.05) is 13.2 Å². The maximum Gasteiger partial charge on any atom is 0.407 e. The van der Waals surface area contributed by atoms with E-state index in [1.807, 2.05) is 24.3 Å². The van der Waals surface area contributed by atoms with E-state index in [1.54, 1.807) is 0 Å². The zero-order valence-corrected chi connectivity index (χ0v) is 17.6. The van der Waals surface area contributed by atoms with Gasteiger partial charge in [0.2, 0.25) is 5.91 Å². The fourth-order valence-corrected chi connectivity index (χ4v) is 4.33. The molecule has 2 aliphatic carbocycles. The second-order valence-corrected chi connectivity index (χ2v) is 8.23. The average molecular weight is 434 g/mol. The molecular formula is C25H26N2O5. The van der Waals surface area contributed by atoms with Gasteiger partial charge in [0, 0.05) is 18.4 Å². The molecule has 32 heavy (non-hydrogen) atoms. The van der Waals surface area contributed by atoms with Gasteiger partial charge < -0.3 is 20.5 Å². The van der Waals surface area contributed by atoms with E-state index < -0.39 is 18.1 Å². The van der Waals surface area contributed by atoms with E-state index in [1.165, 1.54) is 17.2 Å². The summed E-state index contributed by atoms with van der Waals surface area (Å²) in [5.74, 6) is -1.72. The van der Waals surface area contributed by atoms with Crippen LogP contribution in [0.4, 0.5) is 4.79 Å². The molecule has 2 aromatic carbocycles. The third-order valence-electron chi connectivity index (χ3n) is 6.13. The SMILES string of the molecule is C=CCC(NC(=O)[C@H]1C[C@H]1CNC(=O)OCC1c2ccccc2-c2ccccc21)C(=O)O. The molecule has 1 unspecified atom stereocenters. The van der Waals surface area contributed by atoms with Gasteiger partial charge in [-0.2, -0.15) is 0 Å². The molecule has 4 rings (SSSR count). The molecule has 166 valence electrons. The highest BCUT2D eigenvalue weighted by Crippen LogP contribution is 2.44. The quantitative estimate of drug-likeness (QED) is 0.525. The van der Waals surface area contributed by atoms with Crippen LogP contribution in [-0.2, 0) is 14.3 Å². The summed E-state index contributed by atoms with van der Waals surface area (Å²) in [5, 5.41) is 14.4. The molecule has 0 heterocycles. The van der Waals surface area contributed by atoms with Crippen LogP contribution in [-0.4, -0.2) is 42.3 Å². The predicted octanol–water partition coefficient (Wildman–Crippen LogP) is 3.31. The minimum absolute atomic E-state index is 0.00888. The Labute approximate surface area is 186 Å². The number of fused-ring (bicyclic) bond motifs is 3. The average Bonchev–Trinajstić information content (AvgIpc) is 3.51. The molecule has 2 amide bonds. The van der Waals surface area contributed by atoms with E-state index >= 15 is 0 Å². The Kier molecular flexibility index (Phi) is 6.25. The van der Waals surface area contributed by atoms with Crippen LogP contribution in [0.5, 0.6) is 0 Å². The molecule has 0 radical (unpaired) electrons. The molecule has 1 fully saturated rings. The zero-order chi connectivity index (χ0) is 22.7. The molecule has 0 saturated heterocycles. The summed E-state index contributed by atoms with van der Waals surface area (Å²) >= 11 is 0. The monoisotopic (exact) mass is 434 g/mol. The second-order valence-electron chi connectivity index (χ2n) is 8.23. The van der Waals surface area contributed by atoms with Crippen LogP contribution >= 0.6 is 0 Å². The lowest BCUT2D eigenvalue weighted by Crippen LogP contribution is -2.41. The first-order valence-corrected chi connectivity index (χ1v) is 10.7. The summed E-state index contributed by atoms with van der Waals surface area (Å²) in [5.41, 5.74) is 4.63. The highest BCUT2D eigenvalue weighted by molar-refractivity contribution is 5.87. The predicted molar refractivity (Wildman–Crippen MR) is 119 cm³/mol. The number of rotatable bonds is 9. The number of carboxylic acids is 1. The molecule has 0 aliphatic heterocycles. The lowest BCUT2D eigenvalue weighted by molar-refractivity contribution is -0.141. The number of carboxylic acid groups (broad SMARTS) is 1. The molecule has 0 spiro atoms. The van der Waals surface area contributed by atoms with Gasteiger partial charge in [0.1, 0.15) is 12.6 Å². The maximum absolute atomic E-state index is 12.3. The van der Waals surface area contributed by atoms with Gasteiger partial charge in [0.05, 0.1) is 0 Å². The van der Waals surface area contributed by atoms with E-state index in [0.29, 0.717) is 13.0 Å². The van der Waals surface area contributed by atoms with E-state index in [0.717, 1.165) is 11.1 Å². The number of nitrogens with one attached hydrogen (secondary N) is 2. The van der Waals surface area contributed by atoms with Crippen molar-refractivity contribution in [3.8, 4) is 11.1 Å². The van der Waals surface area contributed by atoms with Crippen LogP contribution in [0.1, 0.15) is 29.9 Å². The van der Waals surface area contributed by atoms with Crippen molar-refractivity contribution in [1.82, 2.24) is 10.6 Å². The van der Waals surface area contributed by atoms with Crippen LogP contribution in [0.2, 0.25) is 0 Å². The summed E-state index contributed by atoms with van der Waals surface area (Å²) in [7, 11) is 0. The lowest BCUT2D eigenvalue weighted by Gasteiger charge is -2.15. The number of hydrogen-bond acceptors (Lipinski definition) is 4. The van der Waals surface area contributed by atoms with E-state index in [-0.39, 0.29) is 36.7 Å². The van der Waals surface area contributed by atoms with Crippen molar-refractivity contribution >= 4 is 18.0 Å². The Morgan fingerprint density at radius 3 is 2.31 bits per heavy atom. The summed E-state index contributed by atoms with van der Waals surface area (Å²) in [6.07, 6.45) is 1.71. The van der Waals surface area contributed by atoms with Crippen molar-refractivity contribution in [2.45, 2.75) is 24.8 Å². The van der Waals surface area contributed by atoms with E-state index in [9.17, 15) is 14.4 Å². The number of benzene rings is 2. The largest absolute Gasteiger partial charge is 0.480 e. The summed E-state index contributed by atoms with van der Waals surface area (Å²) in [6.45, 7) is 4.06. The number of aliphatic carboxylic acids is 1. The zero-order valence-electron chi connectivity index (χ0n) is 17.6. The fraction of sp³-hybridized carbons (Fsp3) is 0.320. The van der Waals surface area contributed by atoms with Crippen LogP contribution < -0.4 is 10.6 Å². The number of alkyl carbamates (subject to hydrolysis) is 1. The standard InChI is InChI=1S/C25H26N2O5/c1-2-7-22(24(29)30)27-23(28)20-12-15(20)13-26-25(31)32-14-21-18-10-5-3-8-16(18)17-9-4-6-11-19(17)21/h2-6,8-11,15,20-22H,1,7,12-14H2,(H,26,31)(H,27,28)(H,29,30)/t15-,20-,22?/m0/s1. The normalized spacial score (nSPS) is 19.2. The molecule has 2 aliphatic rings. The molecule has 1 saturated carbocycles. The van der Waals surface area contributed by atoms with E-state index in [2.05, 4.69) is 41.5 Å². The topological polar surface area (TPSA) is 105 Å². The molecule has 7 nitrogen and oxygen atoms in total. The first kappa shape index (κ1) is 21.6. The molecule has 0 bridgehead atoms. The van der Waals surface area contributed by atoms with Gasteiger partial charge in [-0.15, -0.1) is 6.58 Å². The number of amides is 2. The smallest absolute Gasteiger partial charge is 0.407 e. The Bertz CT molecular complexity index is 1000. The Balaban J connectivity index is 1.25. The van der Waals surface area contributed by atoms with Gasteiger partial charge in [-0.1, -0.05) is 54.6 Å². The van der Waals surface area contributed by atoms with E-state index in [4.69, 9.17) is 9.84 Å². The summed E-state index contributed by atoms with van der Waals surface area (Å²) in [6, 6.07) is 15.3. The molecule has 2 aromatic rings. The van der Waals surface area contributed by atoms with Crippen LogP contribution in [0, 0.1) is 11.8 Å². The van der Waals surface area contributed by atoms with Crippen LogP contribution in [0.25, 0.3) is 11.1 Å². The van der Waals surface area contributed by atoms with Crippen molar-refractivity contribution in [3.05, 3.63) is 72.3 Å². The fourth-order valence-electron chi connectivity index (χ4n) is 4.33. The van der Waals surface area contributed by atoms with Crippen molar-refractivity contribution in [3.63, 3.8) is 0 Å². The highest BCUT2D eigenvalue weighted by atomic mass is 16.5. The number of ether oxygens (including phenoxy) is 1. The Morgan fingerprint density at radius 2 is 1.72 bits per heavy atom. The number of carbonyl (C=O) groups is 3. The first-order chi connectivity index (χ1) is 15.5. The van der Waals surface area contributed by atoms with Gasteiger partial charge >= 0.3 is 12.1 Å². The van der Waals surface area contributed by atoms with Gasteiger partial charge in [-0.3, -0.25) is 4.79 Å². The van der Waals surface area contributed by atoms with Crippen LogP contribution in [0.3, 0.4) is 0 Å². The molecule has 3 atom stereocenters. The Hall–Kier alpha value is -3.61. The van der Waals surface area contributed by atoms with Gasteiger partial charge in [0.15, 0.2) is 0 Å². The number of hydrogen-bond donors (Lipinski definition) is 3. The lowest BCUT2D eigenvalue weighted by atomic mass is 9.98. The molecule has 3 N–H and O–H groups in total. The third-order valence-corrected chi connectivity index (χ3v) is 6.13. The van der Waals surface area contributed by atoms with Crippen molar-refractivity contribution < 1.29 is 24.2 Å². The van der Waals surface area contributed by atoms with Crippen LogP contribution in [0.15, 0.2) is 61.2 Å². The first-order valence-electron chi connectivity index (χ1n) is 10.7. The van der Waals surface area contributed by atoms with Gasteiger partial charge in [0.25, 0.3) is 0 Å². The van der Waals surface area contributed by atoms with Gasteiger partial charge in [-0.25, -0.2) is 9.59 Å². The highest BCUT2D eigenvalue weighted by Gasteiger charge is 2.44. The Morgan fingerprint density at radius 1 is 1.09 bits per heavy atom. The minimum Gasteiger partial charge on any atom is -0.480 e. The summed E-state index contributed by atoms with van der Waals surface area (Å²) in [4.78, 5) is 35.7. The molecular weight excluding hydrogens is 408 g/mol. The molecule has 0 aromatic heterocycles. The second kappa shape index (κ2) is 9.26. The summed E-state index contributed by atoms with van der Waals surface area (Å²) < 4.78 is 5.50.